The lowest BCUT2D eigenvalue weighted by atomic mass is 9.87. The number of imide groups is 1. The first-order valence-corrected chi connectivity index (χ1v) is 10.1. The second-order valence-corrected chi connectivity index (χ2v) is 8.21. The van der Waals surface area contributed by atoms with Crippen LogP contribution in [0.25, 0.3) is 0 Å². The van der Waals surface area contributed by atoms with Gasteiger partial charge in [-0.05, 0) is 48.7 Å². The van der Waals surface area contributed by atoms with E-state index in [4.69, 9.17) is 23.2 Å². The molecule has 2 aliphatic heterocycles. The molecule has 0 saturated carbocycles. The number of hydrogen-bond donors (Lipinski definition) is 1. The van der Waals surface area contributed by atoms with Gasteiger partial charge in [0.25, 0.3) is 11.8 Å². The van der Waals surface area contributed by atoms with Crippen molar-refractivity contribution < 1.29 is 14.4 Å². The molecule has 0 aliphatic carbocycles. The number of rotatable bonds is 3. The molecule has 2 aromatic rings. The van der Waals surface area contributed by atoms with Gasteiger partial charge >= 0.3 is 6.03 Å². The number of amides is 4. The maximum Gasteiger partial charge on any atom is 0.325 e. The van der Waals surface area contributed by atoms with Gasteiger partial charge in [0.05, 0.1) is 6.54 Å². The van der Waals surface area contributed by atoms with Gasteiger partial charge in [-0.1, -0.05) is 41.4 Å². The summed E-state index contributed by atoms with van der Waals surface area (Å²) in [4.78, 5) is 41.2. The number of benzene rings is 2. The number of hydrogen-bond acceptors (Lipinski definition) is 3. The van der Waals surface area contributed by atoms with Crippen molar-refractivity contribution in [3.05, 3.63) is 69.7 Å². The highest BCUT2D eigenvalue weighted by Gasteiger charge is 2.52. The van der Waals surface area contributed by atoms with Gasteiger partial charge in [0.2, 0.25) is 0 Å². The molecule has 0 radical (unpaired) electrons. The number of urea groups is 1. The number of piperidine rings is 1. The summed E-state index contributed by atoms with van der Waals surface area (Å²) < 4.78 is 0. The summed E-state index contributed by atoms with van der Waals surface area (Å²) >= 11 is 11.9. The molecule has 0 bridgehead atoms. The summed E-state index contributed by atoms with van der Waals surface area (Å²) in [6.07, 6.45) is 0.752. The molecule has 150 valence electrons. The van der Waals surface area contributed by atoms with Crippen molar-refractivity contribution in [3.63, 3.8) is 0 Å². The van der Waals surface area contributed by atoms with Crippen molar-refractivity contribution in [1.29, 1.82) is 0 Å². The van der Waals surface area contributed by atoms with E-state index in [9.17, 15) is 14.4 Å². The number of halogens is 2. The highest BCUT2D eigenvalue weighted by molar-refractivity contribution is 6.31. The fourth-order valence-corrected chi connectivity index (χ4v) is 4.14. The smallest absolute Gasteiger partial charge is 0.325 e. The van der Waals surface area contributed by atoms with Crippen LogP contribution in [-0.2, 0) is 11.3 Å². The summed E-state index contributed by atoms with van der Waals surface area (Å²) in [5.41, 5.74) is 0.386. The minimum absolute atomic E-state index is 0.128. The molecule has 8 heteroatoms. The molecule has 2 aliphatic rings. The zero-order chi connectivity index (χ0) is 20.6. The van der Waals surface area contributed by atoms with Crippen molar-refractivity contribution in [2.75, 3.05) is 13.1 Å². The van der Waals surface area contributed by atoms with Gasteiger partial charge in [-0.3, -0.25) is 14.5 Å². The van der Waals surface area contributed by atoms with Crippen LogP contribution in [0.5, 0.6) is 0 Å². The van der Waals surface area contributed by atoms with Crippen LogP contribution in [0.15, 0.2) is 48.5 Å². The molecule has 2 fully saturated rings. The maximum atomic E-state index is 13.1. The van der Waals surface area contributed by atoms with Crippen LogP contribution in [0.1, 0.15) is 28.8 Å². The molecular weight excluding hydrogens is 413 g/mol. The molecule has 2 saturated heterocycles. The maximum absolute atomic E-state index is 13.1. The standard InChI is InChI=1S/C21H19Cl2N3O3/c22-16-6-4-14(5-7-16)13-26-19(28)21(24-20(26)29)8-10-25(11-9-21)18(27)15-2-1-3-17(23)12-15/h1-7,12H,8-11,13H2,(H,24,29). The van der Waals surface area contributed by atoms with Crippen molar-refractivity contribution in [2.24, 2.45) is 0 Å². The Morgan fingerprint density at radius 1 is 1.00 bits per heavy atom. The molecule has 6 nitrogen and oxygen atoms in total. The summed E-state index contributed by atoms with van der Waals surface area (Å²) in [5, 5.41) is 3.96. The van der Waals surface area contributed by atoms with E-state index >= 15 is 0 Å². The van der Waals surface area contributed by atoms with Gasteiger partial charge in [0.15, 0.2) is 0 Å². The number of nitrogens with zero attached hydrogens (tertiary/aromatic N) is 2. The summed E-state index contributed by atoms with van der Waals surface area (Å²) in [5.74, 6) is -0.371. The third-order valence-corrected chi connectivity index (χ3v) is 5.96. The molecule has 1 N–H and O–H groups in total. The van der Waals surface area contributed by atoms with Crippen LogP contribution < -0.4 is 5.32 Å². The first-order chi connectivity index (χ1) is 13.9. The third kappa shape index (κ3) is 3.82. The van der Waals surface area contributed by atoms with Crippen LogP contribution in [0.3, 0.4) is 0 Å². The Morgan fingerprint density at radius 2 is 1.69 bits per heavy atom. The Balaban J connectivity index is 1.44. The van der Waals surface area contributed by atoms with Crippen LogP contribution >= 0.6 is 23.2 Å². The predicted octanol–water partition coefficient (Wildman–Crippen LogP) is 3.72. The van der Waals surface area contributed by atoms with E-state index in [-0.39, 0.29) is 18.4 Å². The Morgan fingerprint density at radius 3 is 2.34 bits per heavy atom. The van der Waals surface area contributed by atoms with E-state index in [1.807, 2.05) is 0 Å². The Bertz CT molecular complexity index is 969. The van der Waals surface area contributed by atoms with E-state index < -0.39 is 11.6 Å². The number of carbonyl (C=O) groups excluding carboxylic acids is 3. The average molecular weight is 432 g/mol. The van der Waals surface area contributed by atoms with Crippen molar-refractivity contribution in [3.8, 4) is 0 Å². The molecule has 2 aromatic carbocycles. The van der Waals surface area contributed by atoms with Crippen molar-refractivity contribution in [2.45, 2.75) is 24.9 Å². The monoisotopic (exact) mass is 431 g/mol. The van der Waals surface area contributed by atoms with Gasteiger partial charge in [-0.15, -0.1) is 0 Å². The van der Waals surface area contributed by atoms with E-state index in [1.54, 1.807) is 53.4 Å². The Hall–Kier alpha value is -2.57. The predicted molar refractivity (Wildman–Crippen MR) is 110 cm³/mol. The lowest BCUT2D eigenvalue weighted by molar-refractivity contribution is -0.133. The lowest BCUT2D eigenvalue weighted by Crippen LogP contribution is -2.55. The molecule has 4 rings (SSSR count). The second kappa shape index (κ2) is 7.69. The van der Waals surface area contributed by atoms with Gasteiger partial charge in [-0.2, -0.15) is 0 Å². The highest BCUT2D eigenvalue weighted by atomic mass is 35.5. The van der Waals surface area contributed by atoms with Gasteiger partial charge in [0.1, 0.15) is 5.54 Å². The minimum Gasteiger partial charge on any atom is -0.338 e. The molecule has 0 aromatic heterocycles. The number of likely N-dealkylation sites (tertiary alicyclic amines) is 1. The number of carbonyl (C=O) groups is 3. The van der Waals surface area contributed by atoms with E-state index in [0.717, 1.165) is 5.56 Å². The van der Waals surface area contributed by atoms with E-state index in [2.05, 4.69) is 5.32 Å². The van der Waals surface area contributed by atoms with Crippen LogP contribution in [0, 0.1) is 0 Å². The largest absolute Gasteiger partial charge is 0.338 e. The number of nitrogens with one attached hydrogen (secondary N) is 1. The summed E-state index contributed by atoms with van der Waals surface area (Å²) in [6, 6.07) is 13.4. The summed E-state index contributed by atoms with van der Waals surface area (Å²) in [7, 11) is 0. The van der Waals surface area contributed by atoms with Crippen molar-refractivity contribution in [1.82, 2.24) is 15.1 Å². The second-order valence-electron chi connectivity index (χ2n) is 7.33. The molecule has 4 amide bonds. The Labute approximate surface area is 178 Å². The third-order valence-electron chi connectivity index (χ3n) is 5.48. The molecule has 2 heterocycles. The van der Waals surface area contributed by atoms with Gasteiger partial charge in [-0.25, -0.2) is 4.79 Å². The molecular formula is C21H19Cl2N3O3. The van der Waals surface area contributed by atoms with Crippen LogP contribution in [-0.4, -0.2) is 46.3 Å². The first kappa shape index (κ1) is 19.7. The summed E-state index contributed by atoms with van der Waals surface area (Å²) in [6.45, 7) is 0.951. The van der Waals surface area contributed by atoms with E-state index in [0.29, 0.717) is 41.5 Å². The minimum atomic E-state index is -0.950. The Kier molecular flexibility index (Phi) is 5.23. The highest BCUT2D eigenvalue weighted by Crippen LogP contribution is 2.31. The van der Waals surface area contributed by atoms with Gasteiger partial charge < -0.3 is 10.2 Å². The zero-order valence-electron chi connectivity index (χ0n) is 15.5. The first-order valence-electron chi connectivity index (χ1n) is 9.31. The fraction of sp³-hybridized carbons (Fsp3) is 0.286. The lowest BCUT2D eigenvalue weighted by Gasteiger charge is -2.37. The zero-order valence-corrected chi connectivity index (χ0v) is 17.0. The average Bonchev–Trinajstić information content (AvgIpc) is 2.94. The fourth-order valence-electron chi connectivity index (χ4n) is 3.83. The normalized spacial score (nSPS) is 18.3. The molecule has 0 atom stereocenters. The molecule has 0 unspecified atom stereocenters. The van der Waals surface area contributed by atoms with Crippen LogP contribution in [0.4, 0.5) is 4.79 Å². The quantitative estimate of drug-likeness (QED) is 0.752. The van der Waals surface area contributed by atoms with Gasteiger partial charge in [0, 0.05) is 28.7 Å². The van der Waals surface area contributed by atoms with Crippen molar-refractivity contribution >= 4 is 41.0 Å². The topological polar surface area (TPSA) is 69.7 Å². The molecule has 29 heavy (non-hydrogen) atoms. The van der Waals surface area contributed by atoms with Crippen LogP contribution in [0.2, 0.25) is 10.0 Å². The molecule has 1 spiro atoms. The van der Waals surface area contributed by atoms with E-state index in [1.165, 1.54) is 4.90 Å². The SMILES string of the molecule is O=C(c1cccc(Cl)c1)N1CCC2(CC1)NC(=O)N(Cc1ccc(Cl)cc1)C2=O.